The number of carbonyl (C=O) groups excluding carboxylic acids is 1. The standard InChI is InChI=1S/C29H29N5O2/c35-14-8-28(36)34-12-10-33(11-13-34)19-20-1-3-21(4-2-20)24-16-25-26(18-32-29(25)31-17-24)22-5-6-27-23(15-22)7-9-30-27/h1-7,9,15-18,30,35H,8,10-14,19H2,(H,31,32). The van der Waals surface area contributed by atoms with Crippen LogP contribution in [0, 0.1) is 0 Å². The summed E-state index contributed by atoms with van der Waals surface area (Å²) in [5.74, 6) is 0.0441. The average molecular weight is 480 g/mol. The van der Waals surface area contributed by atoms with E-state index in [0.29, 0.717) is 0 Å². The van der Waals surface area contributed by atoms with Crippen molar-refractivity contribution in [2.24, 2.45) is 0 Å². The summed E-state index contributed by atoms with van der Waals surface area (Å²) in [7, 11) is 0. The van der Waals surface area contributed by atoms with Crippen LogP contribution in [0.5, 0.6) is 0 Å². The molecule has 7 nitrogen and oxygen atoms in total. The Morgan fingerprint density at radius 3 is 2.53 bits per heavy atom. The highest BCUT2D eigenvalue weighted by Crippen LogP contribution is 2.32. The molecule has 0 radical (unpaired) electrons. The van der Waals surface area contributed by atoms with Crippen molar-refractivity contribution < 1.29 is 9.90 Å². The van der Waals surface area contributed by atoms with E-state index in [1.807, 2.05) is 23.5 Å². The van der Waals surface area contributed by atoms with Gasteiger partial charge in [0.1, 0.15) is 5.65 Å². The number of benzene rings is 2. The Kier molecular flexibility index (Phi) is 6.01. The molecule has 36 heavy (non-hydrogen) atoms. The fraction of sp³-hybridized carbons (Fsp3) is 0.241. The quantitative estimate of drug-likeness (QED) is 0.337. The molecule has 0 aliphatic carbocycles. The van der Waals surface area contributed by atoms with Gasteiger partial charge in [-0.05, 0) is 46.3 Å². The maximum atomic E-state index is 12.0. The number of H-pyrrole nitrogens is 2. The summed E-state index contributed by atoms with van der Waals surface area (Å²) < 4.78 is 0. The number of aromatic amines is 2. The first-order valence-electron chi connectivity index (χ1n) is 12.4. The second-order valence-electron chi connectivity index (χ2n) is 9.43. The number of piperazine rings is 1. The molecular weight excluding hydrogens is 450 g/mol. The molecule has 0 bridgehead atoms. The van der Waals surface area contributed by atoms with Gasteiger partial charge in [0, 0.05) is 79.8 Å². The number of aliphatic hydroxyl groups is 1. The van der Waals surface area contributed by atoms with E-state index in [-0.39, 0.29) is 18.9 Å². The largest absolute Gasteiger partial charge is 0.396 e. The number of fused-ring (bicyclic) bond motifs is 2. The van der Waals surface area contributed by atoms with Crippen molar-refractivity contribution in [3.05, 3.63) is 78.8 Å². The van der Waals surface area contributed by atoms with Crippen molar-refractivity contribution in [1.82, 2.24) is 24.8 Å². The summed E-state index contributed by atoms with van der Waals surface area (Å²) in [4.78, 5) is 27.5. The molecule has 182 valence electrons. The Bertz CT molecular complexity index is 1510. The van der Waals surface area contributed by atoms with Crippen LogP contribution in [0.4, 0.5) is 0 Å². The molecule has 1 fully saturated rings. The summed E-state index contributed by atoms with van der Waals surface area (Å²) in [6, 6.07) is 19.5. The molecule has 1 aliphatic rings. The molecule has 3 aromatic heterocycles. The van der Waals surface area contributed by atoms with Crippen LogP contribution in [0.25, 0.3) is 44.2 Å². The van der Waals surface area contributed by atoms with E-state index >= 15 is 0 Å². The topological polar surface area (TPSA) is 88.2 Å². The summed E-state index contributed by atoms with van der Waals surface area (Å²) in [5, 5.41) is 11.3. The van der Waals surface area contributed by atoms with E-state index < -0.39 is 0 Å². The van der Waals surface area contributed by atoms with E-state index in [0.717, 1.165) is 66.0 Å². The highest BCUT2D eigenvalue weighted by Gasteiger charge is 2.20. The molecule has 1 amide bonds. The molecular formula is C29H29N5O2. The highest BCUT2D eigenvalue weighted by atomic mass is 16.3. The van der Waals surface area contributed by atoms with Gasteiger partial charge in [-0.2, -0.15) is 0 Å². The van der Waals surface area contributed by atoms with Gasteiger partial charge in [-0.15, -0.1) is 0 Å². The molecule has 0 atom stereocenters. The molecule has 6 rings (SSSR count). The second kappa shape index (κ2) is 9.60. The predicted molar refractivity (Wildman–Crippen MR) is 142 cm³/mol. The Hall–Kier alpha value is -3.94. The lowest BCUT2D eigenvalue weighted by Gasteiger charge is -2.34. The lowest BCUT2D eigenvalue weighted by atomic mass is 10.0. The minimum atomic E-state index is -0.0808. The SMILES string of the molecule is O=C(CCO)N1CCN(Cc2ccc(-c3cnc4[nH]cc(-c5ccc6[nH]ccc6c5)c4c3)cc2)CC1. The van der Waals surface area contributed by atoms with Gasteiger partial charge in [-0.3, -0.25) is 9.69 Å². The smallest absolute Gasteiger partial charge is 0.224 e. The number of rotatable bonds is 6. The molecule has 5 aromatic rings. The Labute approximate surface area is 209 Å². The molecule has 0 saturated carbocycles. The number of aliphatic hydroxyl groups excluding tert-OH is 1. The zero-order valence-electron chi connectivity index (χ0n) is 20.1. The molecule has 3 N–H and O–H groups in total. The van der Waals surface area contributed by atoms with Crippen LogP contribution in [0.15, 0.2) is 73.2 Å². The Balaban J connectivity index is 1.18. The molecule has 0 spiro atoms. The summed E-state index contributed by atoms with van der Waals surface area (Å²) in [6.45, 7) is 3.93. The number of pyridine rings is 1. The van der Waals surface area contributed by atoms with Crippen molar-refractivity contribution in [3.8, 4) is 22.3 Å². The van der Waals surface area contributed by atoms with Gasteiger partial charge >= 0.3 is 0 Å². The van der Waals surface area contributed by atoms with E-state index in [2.05, 4.69) is 74.4 Å². The first-order valence-corrected chi connectivity index (χ1v) is 12.4. The number of amides is 1. The third-order valence-corrected chi connectivity index (χ3v) is 7.14. The van der Waals surface area contributed by atoms with Crippen LogP contribution >= 0.6 is 0 Å². The van der Waals surface area contributed by atoms with Crippen molar-refractivity contribution in [1.29, 1.82) is 0 Å². The fourth-order valence-corrected chi connectivity index (χ4v) is 5.09. The number of hydrogen-bond acceptors (Lipinski definition) is 4. The second-order valence-corrected chi connectivity index (χ2v) is 9.43. The number of aromatic nitrogens is 3. The van der Waals surface area contributed by atoms with Gasteiger partial charge in [-0.25, -0.2) is 4.98 Å². The number of carbonyl (C=O) groups is 1. The molecule has 2 aromatic carbocycles. The van der Waals surface area contributed by atoms with Gasteiger partial charge in [0.2, 0.25) is 5.91 Å². The lowest BCUT2D eigenvalue weighted by molar-refractivity contribution is -0.133. The minimum absolute atomic E-state index is 0.0441. The lowest BCUT2D eigenvalue weighted by Crippen LogP contribution is -2.48. The zero-order valence-corrected chi connectivity index (χ0v) is 20.1. The first kappa shape index (κ1) is 22.5. The van der Waals surface area contributed by atoms with E-state index in [1.54, 1.807) is 0 Å². The van der Waals surface area contributed by atoms with E-state index in [9.17, 15) is 4.79 Å². The number of hydrogen-bond donors (Lipinski definition) is 3. The van der Waals surface area contributed by atoms with Crippen LogP contribution in [0.1, 0.15) is 12.0 Å². The van der Waals surface area contributed by atoms with E-state index in [1.165, 1.54) is 16.5 Å². The summed E-state index contributed by atoms with van der Waals surface area (Å²) in [5.41, 5.74) is 7.82. The van der Waals surface area contributed by atoms with Crippen LogP contribution < -0.4 is 0 Å². The van der Waals surface area contributed by atoms with Gasteiger partial charge in [0.25, 0.3) is 0 Å². The molecule has 1 aliphatic heterocycles. The molecule has 7 heteroatoms. The number of nitrogens with zero attached hydrogens (tertiary/aromatic N) is 3. The summed E-state index contributed by atoms with van der Waals surface area (Å²) in [6.07, 6.45) is 6.15. The van der Waals surface area contributed by atoms with Crippen molar-refractivity contribution in [2.75, 3.05) is 32.8 Å². The first-order chi connectivity index (χ1) is 17.7. The third kappa shape index (κ3) is 4.39. The third-order valence-electron chi connectivity index (χ3n) is 7.14. The fourth-order valence-electron chi connectivity index (χ4n) is 5.09. The van der Waals surface area contributed by atoms with Gasteiger partial charge in [0.15, 0.2) is 0 Å². The van der Waals surface area contributed by atoms with Gasteiger partial charge < -0.3 is 20.0 Å². The molecule has 1 saturated heterocycles. The van der Waals surface area contributed by atoms with Crippen LogP contribution in [-0.4, -0.2) is 68.6 Å². The Morgan fingerprint density at radius 1 is 0.917 bits per heavy atom. The number of nitrogens with one attached hydrogen (secondary N) is 2. The van der Waals surface area contributed by atoms with E-state index in [4.69, 9.17) is 5.11 Å². The van der Waals surface area contributed by atoms with Crippen LogP contribution in [0.2, 0.25) is 0 Å². The van der Waals surface area contributed by atoms with Crippen molar-refractivity contribution in [3.63, 3.8) is 0 Å². The molecule has 4 heterocycles. The minimum Gasteiger partial charge on any atom is -0.396 e. The maximum absolute atomic E-state index is 12.0. The molecule has 0 unspecified atom stereocenters. The van der Waals surface area contributed by atoms with Crippen molar-refractivity contribution >= 4 is 27.8 Å². The predicted octanol–water partition coefficient (Wildman–Crippen LogP) is 4.40. The summed E-state index contributed by atoms with van der Waals surface area (Å²) >= 11 is 0. The Morgan fingerprint density at radius 2 is 1.72 bits per heavy atom. The van der Waals surface area contributed by atoms with Gasteiger partial charge in [0.05, 0.1) is 6.61 Å². The zero-order chi connectivity index (χ0) is 24.5. The average Bonchev–Trinajstić information content (AvgIpc) is 3.56. The van der Waals surface area contributed by atoms with Crippen molar-refractivity contribution in [2.45, 2.75) is 13.0 Å². The highest BCUT2D eigenvalue weighted by molar-refractivity contribution is 5.98. The van der Waals surface area contributed by atoms with Crippen LogP contribution in [-0.2, 0) is 11.3 Å². The normalized spacial score (nSPS) is 14.6. The van der Waals surface area contributed by atoms with Gasteiger partial charge in [-0.1, -0.05) is 30.3 Å². The monoisotopic (exact) mass is 479 g/mol. The maximum Gasteiger partial charge on any atom is 0.224 e. The van der Waals surface area contributed by atoms with Crippen LogP contribution in [0.3, 0.4) is 0 Å².